The summed E-state index contributed by atoms with van der Waals surface area (Å²) in [6.45, 7) is 1.36. The van der Waals surface area contributed by atoms with Crippen LogP contribution in [0.1, 0.15) is 45.0 Å². The summed E-state index contributed by atoms with van der Waals surface area (Å²) in [6.07, 6.45) is 5.36. The normalized spacial score (nSPS) is 16.7. The number of likely N-dealkylation sites (tertiary alicyclic amines) is 1. The fraction of sp³-hybridized carbons (Fsp3) is 0.227. The van der Waals surface area contributed by atoms with Gasteiger partial charge in [-0.05, 0) is 42.7 Å². The number of aromatic amines is 1. The molecule has 2 N–H and O–H groups in total. The molecule has 6 heteroatoms. The third-order valence-electron chi connectivity index (χ3n) is 5.22. The number of amides is 1. The molecule has 6 nitrogen and oxygen atoms in total. The van der Waals surface area contributed by atoms with Crippen LogP contribution in [-0.4, -0.2) is 44.9 Å². The van der Waals surface area contributed by atoms with Gasteiger partial charge in [0.2, 0.25) is 0 Å². The molecule has 1 aliphatic rings. The first-order valence-electron chi connectivity index (χ1n) is 9.34. The first-order chi connectivity index (χ1) is 13.6. The number of carboxylic acids is 1. The Morgan fingerprint density at radius 2 is 1.93 bits per heavy atom. The van der Waals surface area contributed by atoms with Gasteiger partial charge in [0.25, 0.3) is 5.91 Å². The SMILES string of the molecule is O=C(O)c1ccc(C2CCCN(C(=O)c3cccc(-c4ncc[nH]4)c3)C2)cc1. The lowest BCUT2D eigenvalue weighted by atomic mass is 9.89. The standard InChI is InChI=1S/C22H21N3O3/c26-21(18-4-1-3-17(13-18)20-23-10-11-24-20)25-12-2-5-19(14-25)15-6-8-16(9-7-15)22(27)28/h1,3-4,6-11,13,19H,2,5,12,14H2,(H,23,24)(H,27,28). The number of piperidine rings is 1. The molecule has 142 valence electrons. The highest BCUT2D eigenvalue weighted by molar-refractivity contribution is 5.95. The van der Waals surface area contributed by atoms with E-state index in [9.17, 15) is 9.59 Å². The van der Waals surface area contributed by atoms with E-state index in [2.05, 4.69) is 9.97 Å². The van der Waals surface area contributed by atoms with Crippen LogP contribution in [0.5, 0.6) is 0 Å². The fourth-order valence-corrected chi connectivity index (χ4v) is 3.74. The van der Waals surface area contributed by atoms with Crippen LogP contribution in [-0.2, 0) is 0 Å². The molecule has 0 radical (unpaired) electrons. The summed E-state index contributed by atoms with van der Waals surface area (Å²) < 4.78 is 0. The molecular formula is C22H21N3O3. The van der Waals surface area contributed by atoms with Crippen LogP contribution >= 0.6 is 0 Å². The molecule has 4 rings (SSSR count). The Kier molecular flexibility index (Phi) is 4.93. The van der Waals surface area contributed by atoms with E-state index in [1.807, 2.05) is 41.3 Å². The zero-order valence-electron chi connectivity index (χ0n) is 15.3. The quantitative estimate of drug-likeness (QED) is 0.726. The van der Waals surface area contributed by atoms with Crippen molar-refractivity contribution in [3.63, 3.8) is 0 Å². The van der Waals surface area contributed by atoms with E-state index < -0.39 is 5.97 Å². The zero-order valence-corrected chi connectivity index (χ0v) is 15.3. The molecule has 1 amide bonds. The van der Waals surface area contributed by atoms with E-state index in [0.717, 1.165) is 36.3 Å². The lowest BCUT2D eigenvalue weighted by molar-refractivity contribution is 0.0693. The van der Waals surface area contributed by atoms with Crippen molar-refractivity contribution < 1.29 is 14.7 Å². The minimum atomic E-state index is -0.927. The molecule has 0 bridgehead atoms. The highest BCUT2D eigenvalue weighted by Gasteiger charge is 2.26. The molecule has 1 saturated heterocycles. The van der Waals surface area contributed by atoms with Crippen LogP contribution in [0, 0.1) is 0 Å². The van der Waals surface area contributed by atoms with Gasteiger partial charge in [-0.2, -0.15) is 0 Å². The van der Waals surface area contributed by atoms with Gasteiger partial charge in [0, 0.05) is 42.5 Å². The molecule has 1 aliphatic heterocycles. The van der Waals surface area contributed by atoms with Crippen LogP contribution < -0.4 is 0 Å². The van der Waals surface area contributed by atoms with Crippen molar-refractivity contribution in [1.82, 2.24) is 14.9 Å². The second-order valence-corrected chi connectivity index (χ2v) is 7.04. The predicted molar refractivity (Wildman–Crippen MR) is 105 cm³/mol. The van der Waals surface area contributed by atoms with Crippen molar-refractivity contribution in [3.8, 4) is 11.4 Å². The lowest BCUT2D eigenvalue weighted by Crippen LogP contribution is -2.39. The molecule has 1 fully saturated rings. The number of hydrogen-bond acceptors (Lipinski definition) is 3. The molecule has 0 spiro atoms. The number of H-pyrrole nitrogens is 1. The maximum absolute atomic E-state index is 13.1. The van der Waals surface area contributed by atoms with E-state index in [1.54, 1.807) is 24.5 Å². The number of aromatic nitrogens is 2. The average Bonchev–Trinajstić information content (AvgIpc) is 3.28. The molecule has 1 atom stereocenters. The van der Waals surface area contributed by atoms with Gasteiger partial charge in [0.15, 0.2) is 0 Å². The van der Waals surface area contributed by atoms with Gasteiger partial charge in [0.1, 0.15) is 5.82 Å². The summed E-state index contributed by atoms with van der Waals surface area (Å²) >= 11 is 0. The van der Waals surface area contributed by atoms with Gasteiger partial charge in [-0.3, -0.25) is 4.79 Å². The average molecular weight is 375 g/mol. The molecule has 3 aromatic rings. The Labute approximate surface area is 162 Å². The number of carbonyl (C=O) groups excluding carboxylic acids is 1. The lowest BCUT2D eigenvalue weighted by Gasteiger charge is -2.33. The Balaban J connectivity index is 1.50. The van der Waals surface area contributed by atoms with Gasteiger partial charge in [-0.1, -0.05) is 24.3 Å². The zero-order chi connectivity index (χ0) is 19.5. The fourth-order valence-electron chi connectivity index (χ4n) is 3.74. The van der Waals surface area contributed by atoms with E-state index in [4.69, 9.17) is 5.11 Å². The summed E-state index contributed by atoms with van der Waals surface area (Å²) in [7, 11) is 0. The number of nitrogens with zero attached hydrogens (tertiary/aromatic N) is 2. The molecule has 2 heterocycles. The number of carboxylic acid groups (broad SMARTS) is 1. The largest absolute Gasteiger partial charge is 0.478 e. The Bertz CT molecular complexity index is 981. The molecule has 1 unspecified atom stereocenters. The van der Waals surface area contributed by atoms with Gasteiger partial charge in [0.05, 0.1) is 5.56 Å². The monoisotopic (exact) mass is 375 g/mol. The molecular weight excluding hydrogens is 354 g/mol. The Morgan fingerprint density at radius 1 is 1.11 bits per heavy atom. The summed E-state index contributed by atoms with van der Waals surface area (Å²) in [5, 5.41) is 9.06. The Morgan fingerprint density at radius 3 is 2.64 bits per heavy atom. The minimum absolute atomic E-state index is 0.0141. The maximum atomic E-state index is 13.1. The molecule has 0 saturated carbocycles. The van der Waals surface area contributed by atoms with Crippen molar-refractivity contribution in [2.75, 3.05) is 13.1 Å². The van der Waals surface area contributed by atoms with Crippen LogP contribution in [0.15, 0.2) is 60.9 Å². The highest BCUT2D eigenvalue weighted by atomic mass is 16.4. The number of benzene rings is 2. The predicted octanol–water partition coefficient (Wildman–Crippen LogP) is 3.79. The van der Waals surface area contributed by atoms with Crippen molar-refractivity contribution in [2.45, 2.75) is 18.8 Å². The van der Waals surface area contributed by atoms with E-state index in [-0.39, 0.29) is 17.4 Å². The summed E-state index contributed by atoms with van der Waals surface area (Å²) in [6, 6.07) is 14.5. The van der Waals surface area contributed by atoms with Crippen molar-refractivity contribution in [3.05, 3.63) is 77.6 Å². The topological polar surface area (TPSA) is 86.3 Å². The number of aromatic carboxylic acids is 1. The van der Waals surface area contributed by atoms with Crippen LogP contribution in [0.4, 0.5) is 0 Å². The van der Waals surface area contributed by atoms with E-state index >= 15 is 0 Å². The number of hydrogen-bond donors (Lipinski definition) is 2. The van der Waals surface area contributed by atoms with Crippen LogP contribution in [0.2, 0.25) is 0 Å². The van der Waals surface area contributed by atoms with E-state index in [0.29, 0.717) is 12.1 Å². The van der Waals surface area contributed by atoms with Crippen LogP contribution in [0.3, 0.4) is 0 Å². The molecule has 1 aromatic heterocycles. The van der Waals surface area contributed by atoms with Crippen LogP contribution in [0.25, 0.3) is 11.4 Å². The van der Waals surface area contributed by atoms with Gasteiger partial charge < -0.3 is 15.0 Å². The summed E-state index contributed by atoms with van der Waals surface area (Å²) in [5.74, 6) is 0.0437. The summed E-state index contributed by atoms with van der Waals surface area (Å²) in [5.41, 5.74) is 2.89. The minimum Gasteiger partial charge on any atom is -0.478 e. The van der Waals surface area contributed by atoms with Gasteiger partial charge >= 0.3 is 5.97 Å². The number of imidazole rings is 1. The first kappa shape index (κ1) is 18.0. The highest BCUT2D eigenvalue weighted by Crippen LogP contribution is 2.28. The third-order valence-corrected chi connectivity index (χ3v) is 5.22. The number of rotatable bonds is 4. The van der Waals surface area contributed by atoms with Gasteiger partial charge in [-0.15, -0.1) is 0 Å². The van der Waals surface area contributed by atoms with E-state index in [1.165, 1.54) is 0 Å². The molecule has 28 heavy (non-hydrogen) atoms. The van der Waals surface area contributed by atoms with Crippen molar-refractivity contribution in [1.29, 1.82) is 0 Å². The van der Waals surface area contributed by atoms with Crippen molar-refractivity contribution in [2.24, 2.45) is 0 Å². The smallest absolute Gasteiger partial charge is 0.335 e. The number of nitrogens with one attached hydrogen (secondary N) is 1. The number of carbonyl (C=O) groups is 2. The maximum Gasteiger partial charge on any atom is 0.335 e. The summed E-state index contributed by atoms with van der Waals surface area (Å²) in [4.78, 5) is 33.3. The first-order valence-corrected chi connectivity index (χ1v) is 9.34. The second-order valence-electron chi connectivity index (χ2n) is 7.04. The third kappa shape index (κ3) is 3.67. The Hall–Kier alpha value is -3.41. The molecule has 2 aromatic carbocycles. The second kappa shape index (κ2) is 7.68. The molecule has 0 aliphatic carbocycles. The van der Waals surface area contributed by atoms with Crippen molar-refractivity contribution >= 4 is 11.9 Å². The van der Waals surface area contributed by atoms with Gasteiger partial charge in [-0.25, -0.2) is 9.78 Å².